The van der Waals surface area contributed by atoms with E-state index in [0.717, 1.165) is 22.0 Å². The second-order valence-corrected chi connectivity index (χ2v) is 9.57. The van der Waals surface area contributed by atoms with Gasteiger partial charge < -0.3 is 10.3 Å². The molecule has 38 heavy (non-hydrogen) atoms. The molecule has 1 amide bonds. The van der Waals surface area contributed by atoms with Crippen LogP contribution in [0, 0.1) is 11.7 Å². The predicted octanol–water partition coefficient (Wildman–Crippen LogP) is 6.35. The predicted molar refractivity (Wildman–Crippen MR) is 146 cm³/mol. The first-order valence-electron chi connectivity index (χ1n) is 12.3. The van der Waals surface area contributed by atoms with Gasteiger partial charge in [-0.3, -0.25) is 14.9 Å². The molecule has 4 aromatic heterocycles. The molecule has 0 saturated carbocycles. The zero-order chi connectivity index (χ0) is 26.2. The minimum Gasteiger partial charge on any atom is -0.337 e. The Hall–Kier alpha value is -4.92. The van der Waals surface area contributed by atoms with E-state index in [9.17, 15) is 9.18 Å². The van der Waals surface area contributed by atoms with Crippen LogP contribution in [-0.4, -0.2) is 36.0 Å². The zero-order valence-corrected chi connectivity index (χ0v) is 20.8. The molecule has 9 heteroatoms. The van der Waals surface area contributed by atoms with Gasteiger partial charge in [-0.25, -0.2) is 14.4 Å². The van der Waals surface area contributed by atoms with Crippen LogP contribution in [0.2, 0.25) is 0 Å². The number of fused-ring (bicyclic) bond motifs is 2. The summed E-state index contributed by atoms with van der Waals surface area (Å²) >= 11 is 0. The van der Waals surface area contributed by atoms with E-state index in [0.29, 0.717) is 45.9 Å². The number of aromatic nitrogens is 6. The molecule has 3 N–H and O–H groups in total. The first kappa shape index (κ1) is 23.5. The summed E-state index contributed by atoms with van der Waals surface area (Å²) in [5.41, 5.74) is 6.08. The first-order valence-corrected chi connectivity index (χ1v) is 12.3. The number of amides is 1. The fraction of sp³-hybridized carbons (Fsp3) is 0.138. The van der Waals surface area contributed by atoms with E-state index < -0.39 is 0 Å². The summed E-state index contributed by atoms with van der Waals surface area (Å²) in [6, 6.07) is 16.1. The molecule has 0 unspecified atom stereocenters. The van der Waals surface area contributed by atoms with Crippen molar-refractivity contribution in [1.29, 1.82) is 0 Å². The van der Waals surface area contributed by atoms with Crippen molar-refractivity contribution in [2.24, 2.45) is 5.92 Å². The Morgan fingerprint density at radius 3 is 2.66 bits per heavy atom. The molecular formula is C29H24FN7O. The van der Waals surface area contributed by atoms with E-state index in [4.69, 9.17) is 4.98 Å². The number of carbonyl (C=O) groups is 1. The van der Waals surface area contributed by atoms with Crippen molar-refractivity contribution in [2.45, 2.75) is 20.3 Å². The molecule has 188 valence electrons. The minimum absolute atomic E-state index is 0.0516. The number of H-pyrrole nitrogens is 2. The van der Waals surface area contributed by atoms with E-state index in [1.54, 1.807) is 36.8 Å². The molecule has 0 radical (unpaired) electrons. The molecule has 8 nitrogen and oxygen atoms in total. The van der Waals surface area contributed by atoms with E-state index in [2.05, 4.69) is 30.5 Å². The highest BCUT2D eigenvalue weighted by Crippen LogP contribution is 2.33. The van der Waals surface area contributed by atoms with Crippen molar-refractivity contribution in [3.05, 3.63) is 79.0 Å². The molecule has 0 spiro atoms. The molecule has 6 rings (SSSR count). The number of pyridine rings is 2. The van der Waals surface area contributed by atoms with E-state index >= 15 is 0 Å². The molecular weight excluding hydrogens is 481 g/mol. The largest absolute Gasteiger partial charge is 0.337 e. The summed E-state index contributed by atoms with van der Waals surface area (Å²) in [6.45, 7) is 4.00. The SMILES string of the molecule is CC(C)CC(=O)Nc1cncc(-c2cnc3n[nH]c(-c4nc5c(-c6ccccc6F)cccc5[nH]4)c3c2)c1. The summed E-state index contributed by atoms with van der Waals surface area (Å²) in [5, 5.41) is 11.1. The van der Waals surface area contributed by atoms with Crippen LogP contribution < -0.4 is 5.32 Å². The van der Waals surface area contributed by atoms with Crippen LogP contribution in [0.25, 0.3) is 55.8 Å². The summed E-state index contributed by atoms with van der Waals surface area (Å²) in [7, 11) is 0. The van der Waals surface area contributed by atoms with Crippen molar-refractivity contribution in [1.82, 2.24) is 30.1 Å². The van der Waals surface area contributed by atoms with E-state index in [-0.39, 0.29) is 17.6 Å². The number of benzene rings is 2. The third-order valence-corrected chi connectivity index (χ3v) is 6.27. The number of hydrogen-bond acceptors (Lipinski definition) is 5. The number of anilines is 1. The molecule has 4 heterocycles. The molecule has 0 aliphatic heterocycles. The monoisotopic (exact) mass is 505 g/mol. The van der Waals surface area contributed by atoms with E-state index in [1.807, 2.05) is 44.2 Å². The number of hydrogen-bond donors (Lipinski definition) is 3. The topological polar surface area (TPSA) is 112 Å². The second kappa shape index (κ2) is 9.51. The molecule has 6 aromatic rings. The van der Waals surface area contributed by atoms with Crippen LogP contribution >= 0.6 is 0 Å². The Bertz CT molecular complexity index is 1800. The van der Waals surface area contributed by atoms with Gasteiger partial charge in [-0.1, -0.05) is 44.2 Å². The third-order valence-electron chi connectivity index (χ3n) is 6.27. The molecule has 0 aliphatic rings. The van der Waals surface area contributed by atoms with Crippen LogP contribution in [0.3, 0.4) is 0 Å². The Labute approximate surface area is 217 Å². The fourth-order valence-corrected chi connectivity index (χ4v) is 4.53. The van der Waals surface area contributed by atoms with Gasteiger partial charge in [0.25, 0.3) is 0 Å². The number of halogens is 1. The summed E-state index contributed by atoms with van der Waals surface area (Å²) < 4.78 is 14.6. The molecule has 0 fully saturated rings. The lowest BCUT2D eigenvalue weighted by Gasteiger charge is -2.08. The molecule has 2 aromatic carbocycles. The van der Waals surface area contributed by atoms with Crippen LogP contribution in [0.1, 0.15) is 20.3 Å². The Morgan fingerprint density at radius 1 is 1.00 bits per heavy atom. The molecule has 0 bridgehead atoms. The number of imidazole rings is 1. The van der Waals surface area contributed by atoms with Gasteiger partial charge in [0.15, 0.2) is 11.5 Å². The highest BCUT2D eigenvalue weighted by Gasteiger charge is 2.17. The van der Waals surface area contributed by atoms with Crippen molar-refractivity contribution < 1.29 is 9.18 Å². The van der Waals surface area contributed by atoms with Crippen LogP contribution in [-0.2, 0) is 4.79 Å². The number of carbonyl (C=O) groups excluding carboxylic acids is 1. The molecule has 0 aliphatic carbocycles. The Balaban J connectivity index is 1.39. The average molecular weight is 506 g/mol. The lowest BCUT2D eigenvalue weighted by atomic mass is 10.0. The van der Waals surface area contributed by atoms with Crippen LogP contribution in [0.5, 0.6) is 0 Å². The van der Waals surface area contributed by atoms with Gasteiger partial charge in [0.2, 0.25) is 5.91 Å². The number of aromatic amines is 2. The lowest BCUT2D eigenvalue weighted by molar-refractivity contribution is -0.116. The number of para-hydroxylation sites is 1. The van der Waals surface area contributed by atoms with Crippen molar-refractivity contribution in [2.75, 3.05) is 5.32 Å². The summed E-state index contributed by atoms with van der Waals surface area (Å²) in [6.07, 6.45) is 5.51. The van der Waals surface area contributed by atoms with Gasteiger partial charge in [-0.2, -0.15) is 5.10 Å². The average Bonchev–Trinajstić information content (AvgIpc) is 3.52. The summed E-state index contributed by atoms with van der Waals surface area (Å²) in [4.78, 5) is 29.2. The number of nitrogens with zero attached hydrogens (tertiary/aromatic N) is 4. The maximum absolute atomic E-state index is 14.6. The lowest BCUT2D eigenvalue weighted by Crippen LogP contribution is -2.13. The maximum atomic E-state index is 14.6. The van der Waals surface area contributed by atoms with Crippen molar-refractivity contribution in [3.8, 4) is 33.8 Å². The fourth-order valence-electron chi connectivity index (χ4n) is 4.53. The second-order valence-electron chi connectivity index (χ2n) is 9.57. The maximum Gasteiger partial charge on any atom is 0.224 e. The smallest absolute Gasteiger partial charge is 0.224 e. The van der Waals surface area contributed by atoms with Crippen molar-refractivity contribution in [3.63, 3.8) is 0 Å². The van der Waals surface area contributed by atoms with Crippen molar-refractivity contribution >= 4 is 33.7 Å². The zero-order valence-electron chi connectivity index (χ0n) is 20.8. The normalized spacial score (nSPS) is 11.5. The highest BCUT2D eigenvalue weighted by molar-refractivity contribution is 5.97. The minimum atomic E-state index is -0.304. The molecule has 0 atom stereocenters. The summed E-state index contributed by atoms with van der Waals surface area (Å²) in [5.74, 6) is 0.474. The first-order chi connectivity index (χ1) is 18.5. The number of rotatable bonds is 6. The van der Waals surface area contributed by atoms with Gasteiger partial charge >= 0.3 is 0 Å². The van der Waals surface area contributed by atoms with Gasteiger partial charge in [-0.05, 0) is 30.2 Å². The van der Waals surface area contributed by atoms with Gasteiger partial charge in [-0.15, -0.1) is 0 Å². The Morgan fingerprint density at radius 2 is 1.82 bits per heavy atom. The quantitative estimate of drug-likeness (QED) is 0.244. The molecule has 0 saturated heterocycles. The number of nitrogens with one attached hydrogen (secondary N) is 3. The van der Waals surface area contributed by atoms with Crippen LogP contribution in [0.15, 0.2) is 73.2 Å². The van der Waals surface area contributed by atoms with Gasteiger partial charge in [0.05, 0.1) is 28.3 Å². The Kier molecular flexibility index (Phi) is 5.88. The van der Waals surface area contributed by atoms with Crippen LogP contribution in [0.4, 0.5) is 10.1 Å². The van der Waals surface area contributed by atoms with Gasteiger partial charge in [0.1, 0.15) is 11.5 Å². The van der Waals surface area contributed by atoms with E-state index in [1.165, 1.54) is 6.07 Å². The standard InChI is InChI=1S/C29H24FN7O/c1-16(2)10-25(38)33-19-11-17(13-31-15-19)18-12-22-27(36-37-28(22)32-14-18)29-34-24-9-5-7-21(26(24)35-29)20-6-3-4-8-23(20)30/h3-9,11-16H,10H2,1-2H3,(H,33,38)(H,34,35)(H,32,36,37). The van der Waals surface area contributed by atoms with Gasteiger partial charge in [0, 0.05) is 41.1 Å². The third kappa shape index (κ3) is 4.39. The highest BCUT2D eigenvalue weighted by atomic mass is 19.1.